The van der Waals surface area contributed by atoms with Gasteiger partial charge >= 0.3 is 0 Å². The fourth-order valence-corrected chi connectivity index (χ4v) is 3.27. The molecule has 1 aromatic rings. The third-order valence-corrected chi connectivity index (χ3v) is 4.35. The van der Waals surface area contributed by atoms with Crippen molar-refractivity contribution in [2.24, 2.45) is 0 Å². The van der Waals surface area contributed by atoms with Crippen molar-refractivity contribution in [1.82, 2.24) is 19.8 Å². The van der Waals surface area contributed by atoms with Crippen LogP contribution in [0, 0.1) is 6.92 Å². The molecule has 3 heterocycles. The molecule has 0 spiro atoms. The van der Waals surface area contributed by atoms with Gasteiger partial charge in [0.15, 0.2) is 0 Å². The third-order valence-electron chi connectivity index (χ3n) is 4.35. The van der Waals surface area contributed by atoms with Gasteiger partial charge in [0.2, 0.25) is 11.8 Å². The number of carbonyl (C=O) groups excluding carboxylic acids is 2. The highest BCUT2D eigenvalue weighted by molar-refractivity contribution is 5.81. The molecule has 0 unspecified atom stereocenters. The van der Waals surface area contributed by atoms with E-state index < -0.39 is 0 Å². The molecular formula is C14H20N4O2. The van der Waals surface area contributed by atoms with Crippen LogP contribution >= 0.6 is 0 Å². The van der Waals surface area contributed by atoms with Crippen LogP contribution in [-0.4, -0.2) is 44.9 Å². The van der Waals surface area contributed by atoms with E-state index in [1.165, 1.54) is 0 Å². The number of imidazole rings is 1. The molecule has 2 atom stereocenters. The van der Waals surface area contributed by atoms with Gasteiger partial charge in [-0.2, -0.15) is 0 Å². The Morgan fingerprint density at radius 3 is 3.00 bits per heavy atom. The first-order valence-corrected chi connectivity index (χ1v) is 7.21. The molecule has 20 heavy (non-hydrogen) atoms. The zero-order chi connectivity index (χ0) is 14.1. The van der Waals surface area contributed by atoms with Crippen LogP contribution in [0.4, 0.5) is 0 Å². The summed E-state index contributed by atoms with van der Waals surface area (Å²) in [7, 11) is 0. The van der Waals surface area contributed by atoms with Crippen LogP contribution < -0.4 is 5.32 Å². The summed E-state index contributed by atoms with van der Waals surface area (Å²) in [6.07, 6.45) is 6.52. The highest BCUT2D eigenvalue weighted by Gasteiger charge is 2.39. The van der Waals surface area contributed by atoms with E-state index >= 15 is 0 Å². The quantitative estimate of drug-likeness (QED) is 0.872. The second-order valence-electron chi connectivity index (χ2n) is 5.61. The van der Waals surface area contributed by atoms with Gasteiger partial charge in [0, 0.05) is 50.4 Å². The minimum atomic E-state index is 0.0699. The third kappa shape index (κ3) is 2.42. The molecule has 1 N–H and O–H groups in total. The maximum Gasteiger partial charge on any atom is 0.224 e. The van der Waals surface area contributed by atoms with Crippen LogP contribution in [0.15, 0.2) is 12.4 Å². The van der Waals surface area contributed by atoms with E-state index in [-0.39, 0.29) is 23.9 Å². The van der Waals surface area contributed by atoms with E-state index in [1.807, 2.05) is 22.6 Å². The SMILES string of the molecule is Cc1nccn1CCC(=O)N1[C@@H]2CC[C@H]1CNC(=O)C2. The molecule has 0 radical (unpaired) electrons. The number of hydrogen-bond donors (Lipinski definition) is 1. The van der Waals surface area contributed by atoms with E-state index in [0.29, 0.717) is 25.9 Å². The number of amides is 2. The molecule has 2 bridgehead atoms. The van der Waals surface area contributed by atoms with Crippen LogP contribution in [0.5, 0.6) is 0 Å². The highest BCUT2D eigenvalue weighted by atomic mass is 16.2. The van der Waals surface area contributed by atoms with Gasteiger partial charge in [-0.3, -0.25) is 9.59 Å². The summed E-state index contributed by atoms with van der Waals surface area (Å²) in [5.41, 5.74) is 0. The van der Waals surface area contributed by atoms with Gasteiger partial charge in [-0.1, -0.05) is 0 Å². The molecule has 2 aliphatic heterocycles. The van der Waals surface area contributed by atoms with Crippen LogP contribution in [0.3, 0.4) is 0 Å². The topological polar surface area (TPSA) is 67.2 Å². The monoisotopic (exact) mass is 276 g/mol. The van der Waals surface area contributed by atoms with Crippen molar-refractivity contribution in [3.8, 4) is 0 Å². The number of carbonyl (C=O) groups is 2. The average molecular weight is 276 g/mol. The van der Waals surface area contributed by atoms with Gasteiger partial charge in [0.05, 0.1) is 0 Å². The lowest BCUT2D eigenvalue weighted by molar-refractivity contribution is -0.134. The van der Waals surface area contributed by atoms with Gasteiger partial charge in [0.25, 0.3) is 0 Å². The molecule has 108 valence electrons. The molecule has 2 fully saturated rings. The molecule has 0 aromatic carbocycles. The molecule has 2 aliphatic rings. The molecule has 3 rings (SSSR count). The Hall–Kier alpha value is -1.85. The molecule has 6 nitrogen and oxygen atoms in total. The summed E-state index contributed by atoms with van der Waals surface area (Å²) >= 11 is 0. The Kier molecular flexibility index (Phi) is 3.46. The largest absolute Gasteiger partial charge is 0.354 e. The first-order valence-electron chi connectivity index (χ1n) is 7.21. The summed E-state index contributed by atoms with van der Waals surface area (Å²) in [5, 5.41) is 2.89. The van der Waals surface area contributed by atoms with Crippen molar-refractivity contribution in [1.29, 1.82) is 0 Å². The maximum atomic E-state index is 12.5. The summed E-state index contributed by atoms with van der Waals surface area (Å²) in [5.74, 6) is 1.15. The van der Waals surface area contributed by atoms with Crippen LogP contribution in [-0.2, 0) is 16.1 Å². The number of nitrogens with zero attached hydrogens (tertiary/aromatic N) is 3. The van der Waals surface area contributed by atoms with Crippen molar-refractivity contribution in [2.75, 3.05) is 6.54 Å². The second-order valence-corrected chi connectivity index (χ2v) is 5.61. The zero-order valence-electron chi connectivity index (χ0n) is 11.7. The van der Waals surface area contributed by atoms with E-state index in [0.717, 1.165) is 18.7 Å². The Morgan fingerprint density at radius 2 is 2.25 bits per heavy atom. The van der Waals surface area contributed by atoms with Crippen molar-refractivity contribution in [3.05, 3.63) is 18.2 Å². The minimum Gasteiger partial charge on any atom is -0.354 e. The predicted octanol–water partition coefficient (Wildman–Crippen LogP) is 0.461. The first-order chi connectivity index (χ1) is 9.65. The smallest absolute Gasteiger partial charge is 0.224 e. The summed E-state index contributed by atoms with van der Waals surface area (Å²) in [6.45, 7) is 3.19. The Morgan fingerprint density at radius 1 is 1.45 bits per heavy atom. The molecule has 2 saturated heterocycles. The summed E-state index contributed by atoms with van der Waals surface area (Å²) < 4.78 is 1.99. The van der Waals surface area contributed by atoms with Gasteiger partial charge in [0.1, 0.15) is 5.82 Å². The first kappa shape index (κ1) is 13.1. The van der Waals surface area contributed by atoms with Crippen LogP contribution in [0.2, 0.25) is 0 Å². The van der Waals surface area contributed by atoms with Crippen molar-refractivity contribution in [2.45, 2.75) is 51.2 Å². The van der Waals surface area contributed by atoms with E-state index in [1.54, 1.807) is 6.20 Å². The normalized spacial score (nSPS) is 25.4. The zero-order valence-corrected chi connectivity index (χ0v) is 11.7. The van der Waals surface area contributed by atoms with E-state index in [2.05, 4.69) is 10.3 Å². The summed E-state index contributed by atoms with van der Waals surface area (Å²) in [6, 6.07) is 0.279. The van der Waals surface area contributed by atoms with Gasteiger partial charge in [-0.05, 0) is 19.8 Å². The van der Waals surface area contributed by atoms with Gasteiger partial charge in [-0.25, -0.2) is 4.98 Å². The fourth-order valence-electron chi connectivity index (χ4n) is 3.27. The fraction of sp³-hybridized carbons (Fsp3) is 0.643. The Bertz CT molecular complexity index is 525. The predicted molar refractivity (Wildman–Crippen MR) is 72.9 cm³/mol. The molecular weight excluding hydrogens is 256 g/mol. The van der Waals surface area contributed by atoms with Gasteiger partial charge in [-0.15, -0.1) is 0 Å². The van der Waals surface area contributed by atoms with Crippen LogP contribution in [0.25, 0.3) is 0 Å². The van der Waals surface area contributed by atoms with E-state index in [4.69, 9.17) is 0 Å². The maximum absolute atomic E-state index is 12.5. The summed E-state index contributed by atoms with van der Waals surface area (Å²) in [4.78, 5) is 30.2. The molecule has 0 saturated carbocycles. The van der Waals surface area contributed by atoms with Crippen molar-refractivity contribution >= 4 is 11.8 Å². The standard InChI is InChI=1S/C14H20N4O2/c1-10-15-5-7-17(10)6-4-14(20)18-11-2-3-12(18)9-16-13(19)8-11/h5,7,11-12H,2-4,6,8-9H2,1H3,(H,16,19)/t11-,12+/m1/s1. The van der Waals surface area contributed by atoms with E-state index in [9.17, 15) is 9.59 Å². The van der Waals surface area contributed by atoms with Gasteiger partial charge < -0.3 is 14.8 Å². The number of rotatable bonds is 3. The Labute approximate surface area is 118 Å². The molecule has 6 heteroatoms. The van der Waals surface area contributed by atoms with Crippen LogP contribution in [0.1, 0.15) is 31.5 Å². The minimum absolute atomic E-state index is 0.0699. The average Bonchev–Trinajstić information content (AvgIpc) is 2.94. The Balaban J connectivity index is 1.65. The number of nitrogens with one attached hydrogen (secondary N) is 1. The second kappa shape index (κ2) is 5.26. The van der Waals surface area contributed by atoms with Crippen molar-refractivity contribution in [3.63, 3.8) is 0 Å². The molecule has 2 amide bonds. The number of aryl methyl sites for hydroxylation is 2. The van der Waals surface area contributed by atoms with Crippen molar-refractivity contribution < 1.29 is 9.59 Å². The number of aromatic nitrogens is 2. The number of hydrogen-bond acceptors (Lipinski definition) is 3. The highest BCUT2D eigenvalue weighted by Crippen LogP contribution is 2.28. The number of fused-ring (bicyclic) bond motifs is 2. The lowest BCUT2D eigenvalue weighted by Gasteiger charge is -2.27. The molecule has 0 aliphatic carbocycles. The lowest BCUT2D eigenvalue weighted by Crippen LogP contribution is -2.42. The lowest BCUT2D eigenvalue weighted by atomic mass is 10.1. The molecule has 1 aromatic heterocycles.